The third-order valence-electron chi connectivity index (χ3n) is 3.10. The lowest BCUT2D eigenvalue weighted by Gasteiger charge is -2.32. The fourth-order valence-electron chi connectivity index (χ4n) is 1.82. The van der Waals surface area contributed by atoms with Crippen molar-refractivity contribution in [2.75, 3.05) is 52.9 Å². The van der Waals surface area contributed by atoms with Crippen LogP contribution in [0.3, 0.4) is 0 Å². The van der Waals surface area contributed by atoms with E-state index in [9.17, 15) is 0 Å². The monoisotopic (exact) mass is 213 g/mol. The van der Waals surface area contributed by atoms with Gasteiger partial charge in [-0.25, -0.2) is 0 Å². The predicted octanol–water partition coefficient (Wildman–Crippen LogP) is 0.870. The molecule has 0 saturated carbocycles. The van der Waals surface area contributed by atoms with E-state index in [4.69, 9.17) is 0 Å². The molecule has 0 bridgehead atoms. The summed E-state index contributed by atoms with van der Waals surface area (Å²) in [6.45, 7) is 13.0. The Bertz CT molecular complexity index is 151. The van der Waals surface area contributed by atoms with Gasteiger partial charge >= 0.3 is 0 Å². The quantitative estimate of drug-likeness (QED) is 0.661. The van der Waals surface area contributed by atoms with Crippen molar-refractivity contribution in [3.8, 4) is 0 Å². The molecule has 1 aliphatic heterocycles. The van der Waals surface area contributed by atoms with E-state index in [-0.39, 0.29) is 0 Å². The fraction of sp³-hybridized carbons (Fsp3) is 1.00. The van der Waals surface area contributed by atoms with Gasteiger partial charge in [0, 0.05) is 39.3 Å². The van der Waals surface area contributed by atoms with Crippen LogP contribution in [0.4, 0.5) is 0 Å². The third-order valence-corrected chi connectivity index (χ3v) is 3.10. The molecule has 1 N–H and O–H groups in total. The van der Waals surface area contributed by atoms with E-state index in [1.165, 1.54) is 45.7 Å². The molecule has 1 fully saturated rings. The van der Waals surface area contributed by atoms with Crippen molar-refractivity contribution < 1.29 is 0 Å². The topological polar surface area (TPSA) is 18.5 Å². The molecule has 0 spiro atoms. The van der Waals surface area contributed by atoms with E-state index in [1.54, 1.807) is 0 Å². The van der Waals surface area contributed by atoms with Crippen molar-refractivity contribution in [1.29, 1.82) is 0 Å². The van der Waals surface area contributed by atoms with E-state index >= 15 is 0 Å². The number of nitrogens with zero attached hydrogens (tertiary/aromatic N) is 2. The van der Waals surface area contributed by atoms with Crippen molar-refractivity contribution in [2.24, 2.45) is 5.92 Å². The molecule has 0 atom stereocenters. The van der Waals surface area contributed by atoms with Crippen molar-refractivity contribution in [3.05, 3.63) is 0 Å². The molecule has 15 heavy (non-hydrogen) atoms. The van der Waals surface area contributed by atoms with Gasteiger partial charge in [0.2, 0.25) is 0 Å². The van der Waals surface area contributed by atoms with Gasteiger partial charge in [-0.1, -0.05) is 13.8 Å². The zero-order valence-electron chi connectivity index (χ0n) is 10.6. The standard InChI is InChI=1S/C12H27N3/c1-12(2)4-5-13-6-7-15-10-8-14(3)9-11-15/h12-13H,4-11H2,1-3H3. The molecule has 90 valence electrons. The molecule has 0 aliphatic carbocycles. The average Bonchev–Trinajstić information content (AvgIpc) is 2.20. The molecular formula is C12H27N3. The first-order chi connectivity index (χ1) is 7.18. The molecule has 1 saturated heterocycles. The molecule has 0 aromatic carbocycles. The molecular weight excluding hydrogens is 186 g/mol. The second kappa shape index (κ2) is 7.20. The molecule has 0 amide bonds. The first kappa shape index (κ1) is 12.9. The lowest BCUT2D eigenvalue weighted by molar-refractivity contribution is 0.154. The Balaban J connectivity index is 1.91. The molecule has 3 heteroatoms. The van der Waals surface area contributed by atoms with E-state index < -0.39 is 0 Å². The Morgan fingerprint density at radius 3 is 2.33 bits per heavy atom. The van der Waals surface area contributed by atoms with Crippen LogP contribution < -0.4 is 5.32 Å². The lowest BCUT2D eigenvalue weighted by Crippen LogP contribution is -2.46. The minimum absolute atomic E-state index is 0.820. The second-order valence-electron chi connectivity index (χ2n) is 5.08. The number of likely N-dealkylation sites (N-methyl/N-ethyl adjacent to an activating group) is 1. The van der Waals surface area contributed by atoms with Crippen molar-refractivity contribution in [1.82, 2.24) is 15.1 Å². The van der Waals surface area contributed by atoms with Crippen LogP contribution in [0.2, 0.25) is 0 Å². The Hall–Kier alpha value is -0.120. The number of piperazine rings is 1. The first-order valence-electron chi connectivity index (χ1n) is 6.30. The van der Waals surface area contributed by atoms with Gasteiger partial charge in [-0.05, 0) is 25.9 Å². The van der Waals surface area contributed by atoms with E-state index in [2.05, 4.69) is 36.0 Å². The summed E-state index contributed by atoms with van der Waals surface area (Å²) >= 11 is 0. The zero-order valence-corrected chi connectivity index (χ0v) is 10.6. The predicted molar refractivity (Wildman–Crippen MR) is 66.3 cm³/mol. The van der Waals surface area contributed by atoms with Crippen LogP contribution in [-0.4, -0.2) is 62.7 Å². The largest absolute Gasteiger partial charge is 0.315 e. The van der Waals surface area contributed by atoms with E-state index in [0.717, 1.165) is 12.5 Å². The van der Waals surface area contributed by atoms with Gasteiger partial charge in [0.15, 0.2) is 0 Å². The normalized spacial score (nSPS) is 20.0. The lowest BCUT2D eigenvalue weighted by atomic mass is 10.1. The van der Waals surface area contributed by atoms with Gasteiger partial charge in [-0.15, -0.1) is 0 Å². The SMILES string of the molecule is CC(C)CCNCCN1CCN(C)CC1. The maximum atomic E-state index is 3.52. The molecule has 3 nitrogen and oxygen atoms in total. The van der Waals surface area contributed by atoms with Gasteiger partial charge in [0.1, 0.15) is 0 Å². The number of nitrogens with one attached hydrogen (secondary N) is 1. The van der Waals surface area contributed by atoms with Gasteiger partial charge < -0.3 is 10.2 Å². The summed E-state index contributed by atoms with van der Waals surface area (Å²) < 4.78 is 0. The Morgan fingerprint density at radius 2 is 1.73 bits per heavy atom. The van der Waals surface area contributed by atoms with Gasteiger partial charge in [0.05, 0.1) is 0 Å². The van der Waals surface area contributed by atoms with Gasteiger partial charge in [-0.2, -0.15) is 0 Å². The Kier molecular flexibility index (Phi) is 6.22. The van der Waals surface area contributed by atoms with Crippen molar-refractivity contribution >= 4 is 0 Å². The maximum Gasteiger partial charge on any atom is 0.0110 e. The Labute approximate surface area is 94.8 Å². The maximum absolute atomic E-state index is 3.52. The fourth-order valence-corrected chi connectivity index (χ4v) is 1.82. The van der Waals surface area contributed by atoms with Crippen molar-refractivity contribution in [2.45, 2.75) is 20.3 Å². The smallest absolute Gasteiger partial charge is 0.0110 e. The highest BCUT2D eigenvalue weighted by atomic mass is 15.2. The average molecular weight is 213 g/mol. The molecule has 0 unspecified atom stereocenters. The first-order valence-corrected chi connectivity index (χ1v) is 6.30. The minimum Gasteiger partial charge on any atom is -0.315 e. The highest BCUT2D eigenvalue weighted by Gasteiger charge is 2.12. The summed E-state index contributed by atoms with van der Waals surface area (Å²) in [4.78, 5) is 4.96. The van der Waals surface area contributed by atoms with Crippen LogP contribution >= 0.6 is 0 Å². The summed E-state index contributed by atoms with van der Waals surface area (Å²) in [7, 11) is 2.21. The van der Waals surface area contributed by atoms with Gasteiger partial charge in [0.25, 0.3) is 0 Å². The summed E-state index contributed by atoms with van der Waals surface area (Å²) in [5.74, 6) is 0.820. The molecule has 0 aromatic heterocycles. The molecule has 1 aliphatic rings. The summed E-state index contributed by atoms with van der Waals surface area (Å²) in [6.07, 6.45) is 1.29. The van der Waals surface area contributed by atoms with Crippen LogP contribution in [0.1, 0.15) is 20.3 Å². The molecule has 0 radical (unpaired) electrons. The number of hydrogen-bond acceptors (Lipinski definition) is 3. The van der Waals surface area contributed by atoms with Crippen LogP contribution in [0.5, 0.6) is 0 Å². The zero-order chi connectivity index (χ0) is 11.1. The van der Waals surface area contributed by atoms with E-state index in [0.29, 0.717) is 0 Å². The number of rotatable bonds is 6. The van der Waals surface area contributed by atoms with Crippen LogP contribution in [0.15, 0.2) is 0 Å². The van der Waals surface area contributed by atoms with Gasteiger partial charge in [-0.3, -0.25) is 4.90 Å². The number of hydrogen-bond donors (Lipinski definition) is 1. The van der Waals surface area contributed by atoms with E-state index in [1.807, 2.05) is 0 Å². The molecule has 0 aromatic rings. The van der Waals surface area contributed by atoms with Crippen LogP contribution in [0, 0.1) is 5.92 Å². The van der Waals surface area contributed by atoms with Crippen molar-refractivity contribution in [3.63, 3.8) is 0 Å². The highest BCUT2D eigenvalue weighted by molar-refractivity contribution is 4.69. The third kappa shape index (κ3) is 6.13. The van der Waals surface area contributed by atoms with Crippen LogP contribution in [-0.2, 0) is 0 Å². The summed E-state index contributed by atoms with van der Waals surface area (Å²) in [5, 5.41) is 3.52. The molecule has 1 rings (SSSR count). The van der Waals surface area contributed by atoms with Crippen LogP contribution in [0.25, 0.3) is 0 Å². The molecule has 1 heterocycles. The highest BCUT2D eigenvalue weighted by Crippen LogP contribution is 1.98. The Morgan fingerprint density at radius 1 is 1.07 bits per heavy atom. The summed E-state index contributed by atoms with van der Waals surface area (Å²) in [5.41, 5.74) is 0. The summed E-state index contributed by atoms with van der Waals surface area (Å²) in [6, 6.07) is 0. The second-order valence-corrected chi connectivity index (χ2v) is 5.08. The minimum atomic E-state index is 0.820.